The molecule has 1 saturated heterocycles. The minimum atomic E-state index is -0.0665. The number of hydrogen-bond donors (Lipinski definition) is 0. The second-order valence-electron chi connectivity index (χ2n) is 8.27. The van der Waals surface area contributed by atoms with E-state index in [1.807, 2.05) is 24.5 Å². The van der Waals surface area contributed by atoms with Gasteiger partial charge in [-0.3, -0.25) is 19.3 Å². The highest BCUT2D eigenvalue weighted by atomic mass is 16.1. The lowest BCUT2D eigenvalue weighted by Gasteiger charge is -2.18. The van der Waals surface area contributed by atoms with Gasteiger partial charge in [-0.15, -0.1) is 0 Å². The van der Waals surface area contributed by atoms with E-state index in [0.717, 1.165) is 35.9 Å². The Morgan fingerprint density at radius 1 is 0.933 bits per heavy atom. The van der Waals surface area contributed by atoms with Crippen LogP contribution in [0.4, 0.5) is 5.82 Å². The van der Waals surface area contributed by atoms with Gasteiger partial charge in [0, 0.05) is 43.2 Å². The fraction of sp³-hybridized carbons (Fsp3) is 0.435. The van der Waals surface area contributed by atoms with E-state index in [-0.39, 0.29) is 17.4 Å². The number of anilines is 1. The van der Waals surface area contributed by atoms with Gasteiger partial charge in [-0.2, -0.15) is 0 Å². The Hall–Kier alpha value is -3.09. The van der Waals surface area contributed by atoms with Gasteiger partial charge in [0.1, 0.15) is 5.82 Å². The third-order valence-electron chi connectivity index (χ3n) is 5.61. The number of hydrogen-bond acceptors (Lipinski definition) is 6. The van der Waals surface area contributed by atoms with Crippen LogP contribution in [0, 0.1) is 0 Å². The highest BCUT2D eigenvalue weighted by Crippen LogP contribution is 2.22. The van der Waals surface area contributed by atoms with E-state index in [2.05, 4.69) is 40.6 Å². The predicted molar refractivity (Wildman–Crippen MR) is 117 cm³/mol. The maximum atomic E-state index is 13.1. The van der Waals surface area contributed by atoms with Crippen molar-refractivity contribution in [3.05, 3.63) is 70.4 Å². The molecule has 0 saturated carbocycles. The molecule has 0 bridgehead atoms. The van der Waals surface area contributed by atoms with E-state index in [9.17, 15) is 4.79 Å². The molecule has 7 heteroatoms. The van der Waals surface area contributed by atoms with Gasteiger partial charge in [0.2, 0.25) is 0 Å². The van der Waals surface area contributed by atoms with Crippen LogP contribution in [0.2, 0.25) is 0 Å². The Morgan fingerprint density at radius 3 is 2.33 bits per heavy atom. The molecule has 1 atom stereocenters. The molecule has 1 aliphatic heterocycles. The zero-order chi connectivity index (χ0) is 21.1. The summed E-state index contributed by atoms with van der Waals surface area (Å²) in [5.41, 5.74) is 2.45. The molecule has 156 valence electrons. The Bertz CT molecular complexity index is 1070. The Kier molecular flexibility index (Phi) is 5.88. The van der Waals surface area contributed by atoms with Crippen molar-refractivity contribution in [3.8, 4) is 5.82 Å². The van der Waals surface area contributed by atoms with Crippen molar-refractivity contribution in [2.75, 3.05) is 18.0 Å². The lowest BCUT2D eigenvalue weighted by atomic mass is 9.99. The molecule has 0 amide bonds. The van der Waals surface area contributed by atoms with Gasteiger partial charge in [0.25, 0.3) is 5.56 Å². The zero-order valence-electron chi connectivity index (χ0n) is 17.8. The average molecular weight is 405 g/mol. The van der Waals surface area contributed by atoms with Crippen LogP contribution in [-0.2, 0) is 6.42 Å². The van der Waals surface area contributed by atoms with Crippen LogP contribution in [-0.4, -0.2) is 37.6 Å². The first-order valence-electron chi connectivity index (χ1n) is 10.6. The van der Waals surface area contributed by atoms with E-state index < -0.39 is 0 Å². The van der Waals surface area contributed by atoms with Gasteiger partial charge in [0.05, 0.1) is 23.8 Å². The van der Waals surface area contributed by atoms with E-state index >= 15 is 0 Å². The molecule has 0 N–H and O–H groups in total. The molecule has 3 aromatic rings. The maximum Gasteiger partial charge on any atom is 0.259 e. The van der Waals surface area contributed by atoms with Crippen LogP contribution >= 0.6 is 0 Å². The monoisotopic (exact) mass is 404 g/mol. The number of nitrogens with zero attached hydrogens (tertiary/aromatic N) is 6. The fourth-order valence-corrected chi connectivity index (χ4v) is 3.78. The fourth-order valence-electron chi connectivity index (χ4n) is 3.78. The van der Waals surface area contributed by atoms with Crippen LogP contribution in [0.5, 0.6) is 0 Å². The molecule has 3 aromatic heterocycles. The summed E-state index contributed by atoms with van der Waals surface area (Å²) in [7, 11) is 0. The summed E-state index contributed by atoms with van der Waals surface area (Å²) in [6.45, 7) is 8.28. The predicted octanol–water partition coefficient (Wildman–Crippen LogP) is 3.49. The summed E-state index contributed by atoms with van der Waals surface area (Å²) in [6.07, 6.45) is 11.8. The van der Waals surface area contributed by atoms with Gasteiger partial charge >= 0.3 is 0 Å². The number of pyridine rings is 1. The lowest BCUT2D eigenvalue weighted by molar-refractivity contribution is 0.707. The molecule has 0 aromatic carbocycles. The molecule has 7 nitrogen and oxygen atoms in total. The Labute approximate surface area is 176 Å². The van der Waals surface area contributed by atoms with E-state index in [1.165, 1.54) is 12.8 Å². The molecule has 30 heavy (non-hydrogen) atoms. The second kappa shape index (κ2) is 8.73. The first-order valence-corrected chi connectivity index (χ1v) is 10.6. The first-order chi connectivity index (χ1) is 14.5. The van der Waals surface area contributed by atoms with Crippen LogP contribution < -0.4 is 10.5 Å². The molecular formula is C23H28N6O. The van der Waals surface area contributed by atoms with Gasteiger partial charge in [-0.05, 0) is 31.2 Å². The molecule has 4 rings (SSSR count). The summed E-state index contributed by atoms with van der Waals surface area (Å²) >= 11 is 0. The van der Waals surface area contributed by atoms with Crippen molar-refractivity contribution < 1.29 is 0 Å². The molecule has 1 fully saturated rings. The SMILES string of the molecule is CC(C)c1cncc(-n2cccc(CC(C)c3cncc(N4CCCC4)n3)c2=O)n1. The molecular weight excluding hydrogens is 376 g/mol. The first kappa shape index (κ1) is 20.2. The molecule has 0 radical (unpaired) electrons. The largest absolute Gasteiger partial charge is 0.355 e. The highest BCUT2D eigenvalue weighted by Gasteiger charge is 2.17. The summed E-state index contributed by atoms with van der Waals surface area (Å²) in [4.78, 5) is 33.5. The van der Waals surface area contributed by atoms with Crippen molar-refractivity contribution in [1.82, 2.24) is 24.5 Å². The second-order valence-corrected chi connectivity index (χ2v) is 8.27. The van der Waals surface area contributed by atoms with E-state index in [0.29, 0.717) is 12.2 Å². The maximum absolute atomic E-state index is 13.1. The summed E-state index contributed by atoms with van der Waals surface area (Å²) in [5, 5.41) is 0. The summed E-state index contributed by atoms with van der Waals surface area (Å²) < 4.78 is 1.58. The standard InChI is InChI=1S/C23H28N6O/c1-16(2)19-12-24-15-22(26-19)29-10-6-7-18(23(29)30)11-17(3)20-13-25-14-21(27-20)28-8-4-5-9-28/h6-7,10,12-17H,4-5,8-9,11H2,1-3H3. The minimum Gasteiger partial charge on any atom is -0.355 e. The molecule has 0 spiro atoms. The summed E-state index contributed by atoms with van der Waals surface area (Å²) in [6, 6.07) is 3.77. The quantitative estimate of drug-likeness (QED) is 0.626. The van der Waals surface area contributed by atoms with Gasteiger partial charge < -0.3 is 4.90 Å². The van der Waals surface area contributed by atoms with Crippen molar-refractivity contribution in [1.29, 1.82) is 0 Å². The summed E-state index contributed by atoms with van der Waals surface area (Å²) in [5.74, 6) is 1.81. The van der Waals surface area contributed by atoms with Gasteiger partial charge in [-0.1, -0.05) is 26.8 Å². The third kappa shape index (κ3) is 4.25. The Morgan fingerprint density at radius 2 is 1.60 bits per heavy atom. The molecule has 0 aliphatic carbocycles. The van der Waals surface area contributed by atoms with Crippen LogP contribution in [0.3, 0.4) is 0 Å². The van der Waals surface area contributed by atoms with Gasteiger partial charge in [-0.25, -0.2) is 9.97 Å². The van der Waals surface area contributed by atoms with Crippen molar-refractivity contribution in [2.45, 2.75) is 51.9 Å². The van der Waals surface area contributed by atoms with Crippen LogP contribution in [0.15, 0.2) is 47.9 Å². The minimum absolute atomic E-state index is 0.0665. The van der Waals surface area contributed by atoms with Crippen molar-refractivity contribution in [3.63, 3.8) is 0 Å². The molecule has 1 unspecified atom stereocenters. The topological polar surface area (TPSA) is 76.8 Å². The number of rotatable bonds is 6. The zero-order valence-corrected chi connectivity index (χ0v) is 17.8. The average Bonchev–Trinajstić information content (AvgIpc) is 3.30. The van der Waals surface area contributed by atoms with Gasteiger partial charge in [0.15, 0.2) is 5.82 Å². The number of aromatic nitrogens is 5. The smallest absolute Gasteiger partial charge is 0.259 e. The molecule has 1 aliphatic rings. The van der Waals surface area contributed by atoms with E-state index in [4.69, 9.17) is 4.98 Å². The van der Waals surface area contributed by atoms with Crippen LogP contribution in [0.1, 0.15) is 62.4 Å². The Balaban J connectivity index is 1.58. The lowest BCUT2D eigenvalue weighted by Crippen LogP contribution is -2.24. The normalized spacial score (nSPS) is 15.0. The van der Waals surface area contributed by atoms with Crippen molar-refractivity contribution >= 4 is 5.82 Å². The third-order valence-corrected chi connectivity index (χ3v) is 5.61. The van der Waals surface area contributed by atoms with Crippen molar-refractivity contribution in [2.24, 2.45) is 0 Å². The highest BCUT2D eigenvalue weighted by molar-refractivity contribution is 5.38. The van der Waals surface area contributed by atoms with Crippen LogP contribution in [0.25, 0.3) is 5.82 Å². The van der Waals surface area contributed by atoms with E-state index in [1.54, 1.807) is 23.2 Å². The molecule has 4 heterocycles.